The van der Waals surface area contributed by atoms with E-state index in [0.29, 0.717) is 39.3 Å². The summed E-state index contributed by atoms with van der Waals surface area (Å²) in [6.07, 6.45) is 5.36. The molecule has 2 unspecified atom stereocenters. The maximum absolute atomic E-state index is 13.6. The Kier molecular flexibility index (Phi) is 7.45. The van der Waals surface area contributed by atoms with Crippen LogP contribution in [0.25, 0.3) is 0 Å². The highest BCUT2D eigenvalue weighted by molar-refractivity contribution is 5.99. The molecule has 174 valence electrons. The Hall–Kier alpha value is -2.41. The van der Waals surface area contributed by atoms with Gasteiger partial charge in [0.1, 0.15) is 0 Å². The molecule has 1 aromatic carbocycles. The van der Waals surface area contributed by atoms with Gasteiger partial charge in [-0.25, -0.2) is 0 Å². The zero-order chi connectivity index (χ0) is 22.5. The monoisotopic (exact) mass is 440 g/mol. The first-order chi connectivity index (χ1) is 15.6. The predicted molar refractivity (Wildman–Crippen MR) is 124 cm³/mol. The first kappa shape index (κ1) is 22.8. The maximum atomic E-state index is 13.6. The fourth-order valence-electron chi connectivity index (χ4n) is 5.53. The lowest BCUT2D eigenvalue weighted by Crippen LogP contribution is -2.47. The van der Waals surface area contributed by atoms with Gasteiger partial charge in [-0.05, 0) is 44.2 Å². The Morgan fingerprint density at radius 3 is 2.44 bits per heavy atom. The summed E-state index contributed by atoms with van der Waals surface area (Å²) in [5.74, 6) is -0.150. The largest absolute Gasteiger partial charge is 0.355 e. The minimum absolute atomic E-state index is 0.0381. The van der Waals surface area contributed by atoms with Gasteiger partial charge in [0.25, 0.3) is 0 Å². The number of nitrogens with zero attached hydrogens (tertiary/aromatic N) is 3. The van der Waals surface area contributed by atoms with Crippen LogP contribution in [0.4, 0.5) is 5.69 Å². The minimum Gasteiger partial charge on any atom is -0.355 e. The average Bonchev–Trinajstić information content (AvgIpc) is 3.11. The highest BCUT2D eigenvalue weighted by atomic mass is 16.2. The van der Waals surface area contributed by atoms with Crippen LogP contribution in [0.3, 0.4) is 0 Å². The van der Waals surface area contributed by atoms with Crippen molar-refractivity contribution in [2.75, 3.05) is 50.7 Å². The summed E-state index contributed by atoms with van der Waals surface area (Å²) in [5.41, 5.74) is 2.24. The third-order valence-electron chi connectivity index (χ3n) is 7.19. The number of likely N-dealkylation sites (N-methyl/N-ethyl adjacent to an activating group) is 1. The van der Waals surface area contributed by atoms with Crippen molar-refractivity contribution in [2.24, 2.45) is 11.8 Å². The molecule has 7 nitrogen and oxygen atoms in total. The molecule has 1 aliphatic carbocycles. The summed E-state index contributed by atoms with van der Waals surface area (Å²) >= 11 is 0. The molecule has 1 saturated heterocycles. The van der Waals surface area contributed by atoms with Gasteiger partial charge in [-0.2, -0.15) is 0 Å². The van der Waals surface area contributed by atoms with Gasteiger partial charge in [-0.3, -0.25) is 19.3 Å². The molecule has 0 radical (unpaired) electrons. The number of hydrogen-bond donors (Lipinski definition) is 1. The first-order valence-corrected chi connectivity index (χ1v) is 12.3. The molecule has 4 rings (SSSR count). The normalized spacial score (nSPS) is 24.0. The van der Waals surface area contributed by atoms with Crippen LogP contribution in [0, 0.1) is 11.8 Å². The van der Waals surface area contributed by atoms with Crippen molar-refractivity contribution < 1.29 is 14.4 Å². The van der Waals surface area contributed by atoms with E-state index in [4.69, 9.17) is 0 Å². The number of amides is 3. The highest BCUT2D eigenvalue weighted by Gasteiger charge is 2.41. The quantitative estimate of drug-likeness (QED) is 0.761. The molecule has 0 spiro atoms. The Morgan fingerprint density at radius 2 is 1.66 bits per heavy atom. The zero-order valence-electron chi connectivity index (χ0n) is 19.2. The van der Waals surface area contributed by atoms with E-state index in [1.54, 1.807) is 0 Å². The van der Waals surface area contributed by atoms with E-state index in [1.165, 1.54) is 5.56 Å². The van der Waals surface area contributed by atoms with E-state index in [2.05, 4.69) is 16.3 Å². The molecule has 2 atom stereocenters. The van der Waals surface area contributed by atoms with Gasteiger partial charge in [0.2, 0.25) is 17.7 Å². The fraction of sp³-hybridized carbons (Fsp3) is 0.640. The van der Waals surface area contributed by atoms with Gasteiger partial charge < -0.3 is 15.1 Å². The van der Waals surface area contributed by atoms with Crippen LogP contribution in [0.2, 0.25) is 0 Å². The molecule has 2 heterocycles. The lowest BCUT2D eigenvalue weighted by atomic mass is 9.77. The van der Waals surface area contributed by atoms with E-state index < -0.39 is 0 Å². The number of anilines is 1. The number of benzene rings is 1. The van der Waals surface area contributed by atoms with Gasteiger partial charge in [0, 0.05) is 50.9 Å². The van der Waals surface area contributed by atoms with Crippen LogP contribution >= 0.6 is 0 Å². The Balaban J connectivity index is 1.41. The number of rotatable bonds is 5. The topological polar surface area (TPSA) is 73.0 Å². The Bertz CT molecular complexity index is 842. The summed E-state index contributed by atoms with van der Waals surface area (Å²) in [6, 6.07) is 8.12. The van der Waals surface area contributed by atoms with Crippen LogP contribution in [-0.4, -0.2) is 73.3 Å². The van der Waals surface area contributed by atoms with E-state index in [-0.39, 0.29) is 29.6 Å². The number of carbonyl (C=O) groups excluding carboxylic acids is 3. The SMILES string of the molecule is CCNC(=O)CN1CCCN(C(=O)C2CCCCC2C(=O)N2CCc3ccccc32)CC1. The van der Waals surface area contributed by atoms with Crippen LogP contribution in [0.1, 0.15) is 44.6 Å². The van der Waals surface area contributed by atoms with Crippen molar-refractivity contribution in [3.8, 4) is 0 Å². The summed E-state index contributed by atoms with van der Waals surface area (Å²) in [5, 5.41) is 2.85. The summed E-state index contributed by atoms with van der Waals surface area (Å²) in [6.45, 7) is 6.51. The minimum atomic E-state index is -0.225. The van der Waals surface area contributed by atoms with Crippen molar-refractivity contribution in [1.82, 2.24) is 15.1 Å². The molecule has 3 aliphatic rings. The number of fused-ring (bicyclic) bond motifs is 1. The molecule has 1 aromatic rings. The van der Waals surface area contributed by atoms with Crippen molar-refractivity contribution in [1.29, 1.82) is 0 Å². The smallest absolute Gasteiger partial charge is 0.234 e. The lowest BCUT2D eigenvalue weighted by molar-refractivity contribution is -0.142. The molecule has 0 bridgehead atoms. The van der Waals surface area contributed by atoms with Gasteiger partial charge in [0.15, 0.2) is 0 Å². The van der Waals surface area contributed by atoms with Crippen molar-refractivity contribution in [2.45, 2.75) is 45.4 Å². The molecule has 2 aliphatic heterocycles. The molecule has 1 N–H and O–H groups in total. The van der Waals surface area contributed by atoms with Crippen molar-refractivity contribution >= 4 is 23.4 Å². The third-order valence-corrected chi connectivity index (χ3v) is 7.19. The molecule has 7 heteroatoms. The molecule has 3 amide bonds. The maximum Gasteiger partial charge on any atom is 0.234 e. The van der Waals surface area contributed by atoms with Crippen LogP contribution in [0.5, 0.6) is 0 Å². The Labute approximate surface area is 191 Å². The van der Waals surface area contributed by atoms with E-state index in [1.807, 2.05) is 34.9 Å². The lowest BCUT2D eigenvalue weighted by Gasteiger charge is -2.35. The molecule has 0 aromatic heterocycles. The van der Waals surface area contributed by atoms with Crippen LogP contribution in [0.15, 0.2) is 24.3 Å². The predicted octanol–water partition coefficient (Wildman–Crippen LogP) is 2.05. The number of para-hydroxylation sites is 1. The molecule has 32 heavy (non-hydrogen) atoms. The molecular weight excluding hydrogens is 404 g/mol. The number of carbonyl (C=O) groups is 3. The average molecular weight is 441 g/mol. The first-order valence-electron chi connectivity index (χ1n) is 12.3. The summed E-state index contributed by atoms with van der Waals surface area (Å²) in [7, 11) is 0. The van der Waals surface area contributed by atoms with Crippen LogP contribution in [-0.2, 0) is 20.8 Å². The van der Waals surface area contributed by atoms with Crippen molar-refractivity contribution in [3.63, 3.8) is 0 Å². The van der Waals surface area contributed by atoms with E-state index in [9.17, 15) is 14.4 Å². The third kappa shape index (κ3) is 4.98. The van der Waals surface area contributed by atoms with Gasteiger partial charge in [0.05, 0.1) is 12.5 Å². The molecule has 1 saturated carbocycles. The highest BCUT2D eigenvalue weighted by Crippen LogP contribution is 2.36. The second kappa shape index (κ2) is 10.5. The second-order valence-corrected chi connectivity index (χ2v) is 9.27. The number of hydrogen-bond acceptors (Lipinski definition) is 4. The van der Waals surface area contributed by atoms with Crippen LogP contribution < -0.4 is 10.2 Å². The standard InChI is InChI=1S/C25H36N4O3/c1-2-26-23(30)18-27-13-7-14-28(17-16-27)24(31)20-9-4-5-10-21(20)25(32)29-15-12-19-8-3-6-11-22(19)29/h3,6,8,11,20-21H,2,4-5,7,9-10,12-18H2,1H3,(H,26,30). The fourth-order valence-corrected chi connectivity index (χ4v) is 5.53. The number of nitrogens with one attached hydrogen (secondary N) is 1. The van der Waals surface area contributed by atoms with Gasteiger partial charge in [-0.1, -0.05) is 31.0 Å². The van der Waals surface area contributed by atoms with Gasteiger partial charge >= 0.3 is 0 Å². The van der Waals surface area contributed by atoms with E-state index in [0.717, 1.165) is 50.8 Å². The summed E-state index contributed by atoms with van der Waals surface area (Å²) < 4.78 is 0. The Morgan fingerprint density at radius 1 is 0.906 bits per heavy atom. The second-order valence-electron chi connectivity index (χ2n) is 9.27. The van der Waals surface area contributed by atoms with Gasteiger partial charge in [-0.15, -0.1) is 0 Å². The molecule has 2 fully saturated rings. The molecular formula is C25H36N4O3. The zero-order valence-corrected chi connectivity index (χ0v) is 19.2. The van der Waals surface area contributed by atoms with E-state index >= 15 is 0 Å². The van der Waals surface area contributed by atoms with Crippen molar-refractivity contribution in [3.05, 3.63) is 29.8 Å². The summed E-state index contributed by atoms with van der Waals surface area (Å²) in [4.78, 5) is 45.1.